The molecule has 0 atom stereocenters. The predicted octanol–water partition coefficient (Wildman–Crippen LogP) is 9.90. The molecule has 0 aliphatic rings. The summed E-state index contributed by atoms with van der Waals surface area (Å²) in [5, 5.41) is 30.1. The highest BCUT2D eigenvalue weighted by molar-refractivity contribution is 9.11. The minimum atomic E-state index is -3.63. The van der Waals surface area contributed by atoms with Gasteiger partial charge in [-0.25, -0.2) is 52.1 Å². The largest absolute Gasteiger partial charge is 0.495 e. The maximum atomic E-state index is 13.0. The van der Waals surface area contributed by atoms with Crippen LogP contribution in [0.3, 0.4) is 0 Å². The normalized spacial score (nSPS) is 11.4. The van der Waals surface area contributed by atoms with Crippen molar-refractivity contribution in [3.63, 3.8) is 0 Å². The van der Waals surface area contributed by atoms with Crippen molar-refractivity contribution < 1.29 is 32.0 Å². The van der Waals surface area contributed by atoms with Crippen molar-refractivity contribution in [2.45, 2.75) is 72.0 Å². The van der Waals surface area contributed by atoms with Crippen LogP contribution >= 0.6 is 47.8 Å². The van der Waals surface area contributed by atoms with E-state index in [-0.39, 0.29) is 32.1 Å². The summed E-state index contributed by atoms with van der Waals surface area (Å²) in [6, 6.07) is 13.2. The highest BCUT2D eigenvalue weighted by Crippen LogP contribution is 2.38. The van der Waals surface area contributed by atoms with Crippen LogP contribution in [0.25, 0.3) is 43.6 Å². The Kier molecular flexibility index (Phi) is 21.1. The molecular formula is C55H62Br3FN17O7S+. The Bertz CT molecular complexity index is 4370. The van der Waals surface area contributed by atoms with Crippen LogP contribution < -0.4 is 52.4 Å². The zero-order chi connectivity index (χ0) is 62.1. The van der Waals surface area contributed by atoms with Gasteiger partial charge < -0.3 is 41.3 Å². The zero-order valence-corrected chi connectivity index (χ0v) is 53.5. The van der Waals surface area contributed by atoms with Gasteiger partial charge in [0.1, 0.15) is 69.0 Å². The van der Waals surface area contributed by atoms with Crippen molar-refractivity contribution in [2.75, 3.05) is 32.0 Å². The number of aromatic amines is 4. The Morgan fingerprint density at radius 3 is 1.62 bits per heavy atom. The third kappa shape index (κ3) is 14.9. The Labute approximate surface area is 506 Å². The number of ether oxygens (including phenoxy) is 3. The number of H-pyrrole nitrogens is 4. The van der Waals surface area contributed by atoms with Crippen molar-refractivity contribution in [2.24, 2.45) is 18.5 Å². The summed E-state index contributed by atoms with van der Waals surface area (Å²) in [4.78, 5) is 49.5. The number of hydrogen-bond acceptors (Lipinski definition) is 18. The monoisotopic (exact) mass is 1360 g/mol. The van der Waals surface area contributed by atoms with Crippen LogP contribution in [0.5, 0.6) is 17.2 Å². The predicted molar refractivity (Wildman–Crippen MR) is 334 cm³/mol. The highest BCUT2D eigenvalue weighted by atomic mass is 79.9. The summed E-state index contributed by atoms with van der Waals surface area (Å²) in [5.74, 6) is 3.89. The number of methoxy groups -OCH3 is 3. The van der Waals surface area contributed by atoms with Crippen molar-refractivity contribution in [1.82, 2.24) is 54.9 Å². The van der Waals surface area contributed by atoms with Gasteiger partial charge in [0.2, 0.25) is 6.33 Å². The van der Waals surface area contributed by atoms with Crippen LogP contribution in [-0.2, 0) is 16.9 Å². The van der Waals surface area contributed by atoms with E-state index in [1.54, 1.807) is 86.5 Å². The smallest absolute Gasteiger partial charge is 0.344 e. The first kappa shape index (κ1) is 64.8. The van der Waals surface area contributed by atoms with E-state index >= 15 is 0 Å². The summed E-state index contributed by atoms with van der Waals surface area (Å²) in [6.45, 7) is 16.2. The molecule has 0 aliphatic heterocycles. The van der Waals surface area contributed by atoms with Gasteiger partial charge in [0.05, 0.1) is 74.8 Å². The first-order valence-corrected chi connectivity index (χ1v) is 28.9. The lowest BCUT2D eigenvalue weighted by Crippen LogP contribution is -2.28. The summed E-state index contributed by atoms with van der Waals surface area (Å²) < 4.78 is 57.3. The fourth-order valence-corrected chi connectivity index (χ4v) is 10.0. The number of rotatable bonds is 9. The molecule has 442 valence electrons. The lowest BCUT2D eigenvalue weighted by molar-refractivity contribution is -0.352. The number of nitrogens with zero attached hydrogens (tertiary/aromatic N) is 8. The van der Waals surface area contributed by atoms with E-state index in [0.717, 1.165) is 59.4 Å². The van der Waals surface area contributed by atoms with Crippen molar-refractivity contribution >= 4 is 130 Å². The molecule has 0 radical (unpaired) electrons. The van der Waals surface area contributed by atoms with Crippen LogP contribution in [0.2, 0.25) is 0 Å². The standard InChI is InChI=1S/C18H23N5O3S.C14H14BrN5O.C10H9BrN2O2.C8H4BrFN2O.C5H11N3/c1-10-11(2)22-23-16(10)21-17-12-7-15(27(24,25)18(3,4)5)14(26-6)8-13(12)19-9-20-17;1-7-8(2)19-20-13(7)18-14-9-4-10(15)12(21-3)5-11(9)16-6-17-14;1-13-5-12-8-4-9(15-2)7(11)3-6(8)10(13)14;9-5-1-4-7(2-6(5)10)11-3-12-8(4)13;1-3(4(2)6)5(7)8/h7-9H,1-6H3,(H2,19,20,21,22,23);4-6H,1-3H3,(H2,16,17,18,19,20);3-5H,1-2H3;1-3H,(H,11,12,13);6H2,1-2H3,(H3,7,8)/p+1. The molecule has 0 bridgehead atoms. The Morgan fingerprint density at radius 2 is 1.15 bits per heavy atom. The third-order valence-corrected chi connectivity index (χ3v) is 17.2. The molecule has 4 aromatic carbocycles. The maximum absolute atomic E-state index is 13.0. The SMILES string of the molecule is CC(N)=C(C)C(=N)N.COc1cc2[nH+]cn(C)c(=O)c2cc1Br.COc1cc2ncnc(Nc3n[nH]c(C)c3C)c2cc1Br.COc1cc2ncnc(Nc3n[nH]c(C)c3C)c2cc1S(=O)(=O)C(C)(C)C.O=c1[nH]cnc2cc(F)c(Br)cc12. The van der Waals surface area contributed by atoms with Gasteiger partial charge in [-0.1, -0.05) is 0 Å². The van der Waals surface area contributed by atoms with Gasteiger partial charge in [-0.2, -0.15) is 10.2 Å². The number of aromatic nitrogens is 12. The fraction of sp³-hybridized carbons (Fsp3) is 0.255. The first-order chi connectivity index (χ1) is 39.5. The molecule has 10 rings (SSSR count). The highest BCUT2D eigenvalue weighted by Gasteiger charge is 2.34. The minimum Gasteiger partial charge on any atom is -0.495 e. The first-order valence-electron chi connectivity index (χ1n) is 25.0. The number of nitrogens with one attached hydrogen (secondary N) is 7. The molecule has 0 saturated carbocycles. The molecule has 0 fully saturated rings. The molecule has 0 saturated heterocycles. The molecule has 29 heteroatoms. The molecular weight excluding hydrogens is 1300 g/mol. The van der Waals surface area contributed by atoms with Crippen LogP contribution in [0.4, 0.5) is 27.7 Å². The number of hydrogen-bond donors (Lipinski definition) is 8. The number of benzene rings is 4. The molecule has 24 nitrogen and oxygen atoms in total. The number of anilines is 4. The molecule has 0 spiro atoms. The molecule has 0 unspecified atom stereocenters. The second kappa shape index (κ2) is 27.3. The van der Waals surface area contributed by atoms with E-state index in [1.165, 1.54) is 42.8 Å². The number of halogens is 4. The Morgan fingerprint density at radius 1 is 0.679 bits per heavy atom. The van der Waals surface area contributed by atoms with Crippen LogP contribution in [-0.4, -0.2) is 95.2 Å². The van der Waals surface area contributed by atoms with Gasteiger partial charge in [-0.05, 0) is 134 Å². The summed E-state index contributed by atoms with van der Waals surface area (Å²) in [6.07, 6.45) is 5.81. The minimum absolute atomic E-state index is 0.0351. The van der Waals surface area contributed by atoms with Crippen LogP contribution in [0.15, 0.2) is 113 Å². The average molecular weight is 1360 g/mol. The van der Waals surface area contributed by atoms with Crippen LogP contribution in [0, 0.1) is 38.9 Å². The number of sulfone groups is 1. The van der Waals surface area contributed by atoms with Gasteiger partial charge in [0.25, 0.3) is 5.56 Å². The van der Waals surface area contributed by atoms with E-state index in [1.807, 2.05) is 39.8 Å². The van der Waals surface area contributed by atoms with E-state index in [2.05, 4.69) is 114 Å². The van der Waals surface area contributed by atoms with E-state index < -0.39 is 20.4 Å². The van der Waals surface area contributed by atoms with E-state index in [4.69, 9.17) is 31.1 Å². The zero-order valence-electron chi connectivity index (χ0n) is 47.9. The number of nitrogens with two attached hydrogens (primary N) is 2. The van der Waals surface area contributed by atoms with Gasteiger partial charge in [0.15, 0.2) is 21.5 Å². The molecule has 6 heterocycles. The quantitative estimate of drug-likeness (QED) is 0.0492. The van der Waals surface area contributed by atoms with Gasteiger partial charge in [0, 0.05) is 68.8 Å². The lowest BCUT2D eigenvalue weighted by atomic mass is 10.2. The molecule has 10 aromatic rings. The van der Waals surface area contributed by atoms with Gasteiger partial charge >= 0.3 is 5.56 Å². The summed E-state index contributed by atoms with van der Waals surface area (Å²) in [7, 11) is 2.73. The molecule has 84 heavy (non-hydrogen) atoms. The number of amidine groups is 1. The number of aryl methyl sites for hydroxylation is 3. The topological polar surface area (TPSA) is 353 Å². The molecule has 6 aromatic heterocycles. The molecule has 0 amide bonds. The van der Waals surface area contributed by atoms with Crippen molar-refractivity contribution in [3.05, 3.63) is 148 Å². The maximum Gasteiger partial charge on any atom is 0.344 e. The second-order valence-corrected chi connectivity index (χ2v) is 24.7. The Hall–Kier alpha value is -8.41. The third-order valence-electron chi connectivity index (χ3n) is 12.8. The lowest BCUT2D eigenvalue weighted by Gasteiger charge is -2.21. The summed E-state index contributed by atoms with van der Waals surface area (Å²) in [5.41, 5.74) is 17.8. The van der Waals surface area contributed by atoms with Crippen molar-refractivity contribution in [1.29, 1.82) is 5.41 Å². The van der Waals surface area contributed by atoms with Gasteiger partial charge in [-0.3, -0.25) is 20.4 Å². The van der Waals surface area contributed by atoms with Crippen molar-refractivity contribution in [3.8, 4) is 17.2 Å². The van der Waals surface area contributed by atoms with Gasteiger partial charge in [-0.15, -0.1) is 0 Å². The molecule has 11 N–H and O–H groups in total. The molecule has 0 aliphatic carbocycles. The summed E-state index contributed by atoms with van der Waals surface area (Å²) >= 11 is 9.83. The second-order valence-electron chi connectivity index (χ2n) is 19.4. The average Bonchev–Trinajstić information content (AvgIpc) is 1.58. The van der Waals surface area contributed by atoms with E-state index in [0.29, 0.717) is 61.7 Å². The van der Waals surface area contributed by atoms with Crippen LogP contribution in [0.1, 0.15) is 57.1 Å². The fourth-order valence-electron chi connectivity index (χ4n) is 7.31. The van der Waals surface area contributed by atoms with E-state index in [9.17, 15) is 22.4 Å². The number of fused-ring (bicyclic) bond motifs is 4. The number of allylic oxidation sites excluding steroid dienone is 1. The Balaban J connectivity index is 0.000000177.